The minimum Gasteiger partial charge on any atom is -0.480 e. The maximum atomic E-state index is 14.3. The first-order valence-corrected chi connectivity index (χ1v) is 17.9. The van der Waals surface area contributed by atoms with Crippen LogP contribution in [0, 0.1) is 56.7 Å². The third-order valence-corrected chi connectivity index (χ3v) is 15.9. The van der Waals surface area contributed by atoms with Gasteiger partial charge in [-0.25, -0.2) is 4.79 Å². The number of hydrogen-bond acceptors (Lipinski definition) is 5. The van der Waals surface area contributed by atoms with Gasteiger partial charge in [-0.05, 0) is 130 Å². The summed E-state index contributed by atoms with van der Waals surface area (Å²) in [6.07, 6.45) is 10.2. The molecule has 5 aliphatic carbocycles. The summed E-state index contributed by atoms with van der Waals surface area (Å²) < 4.78 is 0. The molecule has 6 rings (SSSR count). The van der Waals surface area contributed by atoms with Gasteiger partial charge in [0.15, 0.2) is 0 Å². The zero-order valence-corrected chi connectivity index (χ0v) is 28.4. The lowest BCUT2D eigenvalue weighted by atomic mass is 9.32. The Morgan fingerprint density at radius 3 is 2.29 bits per heavy atom. The number of hydrogen-bond donors (Lipinski definition) is 4. The molecule has 0 aromatic rings. The second-order valence-electron chi connectivity index (χ2n) is 17.3. The molecule has 1 aliphatic heterocycles. The second-order valence-corrected chi connectivity index (χ2v) is 17.3. The van der Waals surface area contributed by atoms with E-state index in [1.165, 1.54) is 4.90 Å². The van der Waals surface area contributed by atoms with E-state index in [4.69, 9.17) is 0 Å². The van der Waals surface area contributed by atoms with Crippen LogP contribution in [0.2, 0.25) is 0 Å². The highest BCUT2D eigenvalue weighted by Crippen LogP contribution is 2.77. The van der Waals surface area contributed by atoms with Gasteiger partial charge < -0.3 is 25.5 Å². The number of allylic oxidation sites excluding steroid dienone is 1. The van der Waals surface area contributed by atoms with Gasteiger partial charge in [-0.1, -0.05) is 39.8 Å². The van der Waals surface area contributed by atoms with E-state index >= 15 is 0 Å². The van der Waals surface area contributed by atoms with Gasteiger partial charge in [0.25, 0.3) is 0 Å². The van der Waals surface area contributed by atoms with E-state index in [-0.39, 0.29) is 59.0 Å². The fourth-order valence-corrected chi connectivity index (χ4v) is 13.3. The molecule has 45 heavy (non-hydrogen) atoms. The van der Waals surface area contributed by atoms with E-state index in [2.05, 4.69) is 46.5 Å². The van der Waals surface area contributed by atoms with Crippen molar-refractivity contribution in [3.05, 3.63) is 12.2 Å². The molecule has 2 amide bonds. The van der Waals surface area contributed by atoms with Crippen molar-refractivity contribution in [1.82, 2.24) is 10.2 Å². The zero-order valence-electron chi connectivity index (χ0n) is 28.4. The molecule has 0 radical (unpaired) electrons. The molecule has 252 valence electrons. The minimum absolute atomic E-state index is 0.0228. The van der Waals surface area contributed by atoms with Gasteiger partial charge >= 0.3 is 5.97 Å². The molecular formula is C37H58N2O6. The Kier molecular flexibility index (Phi) is 8.11. The fourth-order valence-electron chi connectivity index (χ4n) is 13.3. The summed E-state index contributed by atoms with van der Waals surface area (Å²) >= 11 is 0. The van der Waals surface area contributed by atoms with Crippen LogP contribution in [0.4, 0.5) is 0 Å². The Hall–Kier alpha value is -1.93. The van der Waals surface area contributed by atoms with Gasteiger partial charge in [-0.2, -0.15) is 0 Å². The van der Waals surface area contributed by atoms with Crippen molar-refractivity contribution >= 4 is 17.8 Å². The smallest absolute Gasteiger partial charge is 0.326 e. The molecule has 0 spiro atoms. The van der Waals surface area contributed by atoms with E-state index in [1.54, 1.807) is 0 Å². The van der Waals surface area contributed by atoms with Crippen LogP contribution >= 0.6 is 0 Å². The van der Waals surface area contributed by atoms with E-state index in [0.717, 1.165) is 69.8 Å². The number of carboxylic acids is 1. The first-order valence-electron chi connectivity index (χ1n) is 17.9. The number of carbonyl (C=O) groups is 3. The summed E-state index contributed by atoms with van der Waals surface area (Å²) in [6.45, 7) is 16.5. The number of nitrogens with zero attached hydrogens (tertiary/aromatic N) is 1. The third kappa shape index (κ3) is 4.46. The number of aliphatic hydroxyl groups is 2. The molecule has 1 heterocycles. The Morgan fingerprint density at radius 1 is 0.889 bits per heavy atom. The third-order valence-electron chi connectivity index (χ3n) is 15.9. The largest absolute Gasteiger partial charge is 0.480 e. The van der Waals surface area contributed by atoms with Crippen LogP contribution in [0.25, 0.3) is 0 Å². The number of rotatable bonds is 6. The summed E-state index contributed by atoms with van der Waals surface area (Å²) in [6, 6.07) is -0.800. The van der Waals surface area contributed by atoms with Crippen LogP contribution in [-0.4, -0.2) is 69.8 Å². The molecule has 6 aliphatic rings. The summed E-state index contributed by atoms with van der Waals surface area (Å²) in [5, 5.41) is 34.2. The SMILES string of the molecule is C=C(C)[C@@H]1CC[C@]2(C(=O)NCC(=O)N3CCCC3C(=O)O)CC[C@]3(C)C(CCC4[C@@]5(C)CC[C@H](O)[C@@](C)(CO)C5CC[C@]43C)C12. The minimum atomic E-state index is -0.977. The molecule has 8 heteroatoms. The molecule has 0 aromatic carbocycles. The summed E-state index contributed by atoms with van der Waals surface area (Å²) in [4.78, 5) is 40.6. The Morgan fingerprint density at radius 2 is 1.62 bits per heavy atom. The molecule has 1 saturated heterocycles. The lowest BCUT2D eigenvalue weighted by molar-refractivity contribution is -0.252. The lowest BCUT2D eigenvalue weighted by Gasteiger charge is -2.73. The van der Waals surface area contributed by atoms with Crippen LogP contribution in [0.5, 0.6) is 0 Å². The Bertz CT molecular complexity index is 1250. The Balaban J connectivity index is 1.28. The fraction of sp³-hybridized carbons (Fsp3) is 0.865. The molecule has 0 aromatic heterocycles. The molecule has 6 fully saturated rings. The van der Waals surface area contributed by atoms with E-state index in [1.807, 2.05) is 0 Å². The number of carbonyl (C=O) groups excluding carboxylic acids is 2. The molecule has 0 bridgehead atoms. The van der Waals surface area contributed by atoms with Gasteiger partial charge in [0, 0.05) is 12.0 Å². The Labute approximate surface area is 269 Å². The molecule has 8 nitrogen and oxygen atoms in total. The first-order chi connectivity index (χ1) is 21.1. The molecular weight excluding hydrogens is 568 g/mol. The number of aliphatic carboxylic acids is 1. The van der Waals surface area contributed by atoms with Gasteiger partial charge in [0.1, 0.15) is 6.04 Å². The van der Waals surface area contributed by atoms with Crippen LogP contribution in [0.1, 0.15) is 112 Å². The number of nitrogens with one attached hydrogen (secondary N) is 1. The number of aliphatic hydroxyl groups excluding tert-OH is 2. The van der Waals surface area contributed by atoms with Crippen LogP contribution in [0.3, 0.4) is 0 Å². The van der Waals surface area contributed by atoms with Gasteiger partial charge in [-0.3, -0.25) is 9.59 Å². The van der Waals surface area contributed by atoms with E-state index < -0.39 is 28.9 Å². The summed E-state index contributed by atoms with van der Waals surface area (Å²) in [5.74, 6) is 0.273. The predicted molar refractivity (Wildman–Crippen MR) is 172 cm³/mol. The molecule has 5 unspecified atom stereocenters. The number of amides is 2. The summed E-state index contributed by atoms with van der Waals surface area (Å²) in [5.41, 5.74) is 0.319. The first kappa shape index (κ1) is 33.0. The van der Waals surface area contributed by atoms with Crippen molar-refractivity contribution in [3.63, 3.8) is 0 Å². The second kappa shape index (κ2) is 11.1. The maximum absolute atomic E-state index is 14.3. The average molecular weight is 627 g/mol. The van der Waals surface area contributed by atoms with Gasteiger partial charge in [-0.15, -0.1) is 0 Å². The van der Waals surface area contributed by atoms with Crippen molar-refractivity contribution in [2.75, 3.05) is 19.7 Å². The normalized spacial score (nSPS) is 48.9. The summed E-state index contributed by atoms with van der Waals surface area (Å²) in [7, 11) is 0. The monoisotopic (exact) mass is 626 g/mol. The van der Waals surface area contributed by atoms with Crippen molar-refractivity contribution in [1.29, 1.82) is 0 Å². The highest BCUT2D eigenvalue weighted by atomic mass is 16.4. The van der Waals surface area contributed by atoms with Crippen LogP contribution in [-0.2, 0) is 14.4 Å². The maximum Gasteiger partial charge on any atom is 0.326 e. The number of likely N-dealkylation sites (tertiary alicyclic amines) is 1. The highest BCUT2D eigenvalue weighted by Gasteiger charge is 2.72. The standard InChI is InChI=1S/C37H58N2O6/c1-22(2)23-11-16-37(32(45)38-20-29(42)39-19-7-8-25(39)31(43)44)18-17-35(5)24(30(23)37)9-10-27-33(3)14-13-28(41)34(4,21-40)26(33)12-15-36(27,35)6/h23-28,30,40-41H,1,7-21H2,2-6H3,(H,38,45)(H,43,44)/t23-,24?,25?,26?,27?,28-,30?,33-,34-,35+,36+,37-/m0/s1. The topological polar surface area (TPSA) is 127 Å². The quantitative estimate of drug-likeness (QED) is 0.302. The molecule has 12 atom stereocenters. The van der Waals surface area contributed by atoms with E-state index in [0.29, 0.717) is 31.2 Å². The van der Waals surface area contributed by atoms with Crippen LogP contribution < -0.4 is 5.32 Å². The zero-order chi connectivity index (χ0) is 32.7. The average Bonchev–Trinajstić information content (AvgIpc) is 3.65. The van der Waals surface area contributed by atoms with Gasteiger partial charge in [0.2, 0.25) is 11.8 Å². The lowest BCUT2D eigenvalue weighted by Crippen LogP contribution is -2.68. The van der Waals surface area contributed by atoms with Crippen LogP contribution in [0.15, 0.2) is 12.2 Å². The highest BCUT2D eigenvalue weighted by molar-refractivity contribution is 5.90. The number of carboxylic acid groups (broad SMARTS) is 1. The van der Waals surface area contributed by atoms with Gasteiger partial charge in [0.05, 0.1) is 24.7 Å². The van der Waals surface area contributed by atoms with Crippen molar-refractivity contribution in [2.24, 2.45) is 56.7 Å². The number of fused-ring (bicyclic) bond motifs is 7. The van der Waals surface area contributed by atoms with E-state index in [9.17, 15) is 29.7 Å². The van der Waals surface area contributed by atoms with Crippen molar-refractivity contribution in [3.8, 4) is 0 Å². The molecule has 5 saturated carbocycles. The molecule has 4 N–H and O–H groups in total. The van der Waals surface area contributed by atoms with Crippen molar-refractivity contribution in [2.45, 2.75) is 124 Å². The predicted octanol–water partition coefficient (Wildman–Crippen LogP) is 5.17. The van der Waals surface area contributed by atoms with Crippen molar-refractivity contribution < 1.29 is 29.7 Å².